The number of hydrogen-bond acceptors (Lipinski definition) is 6. The molecule has 35 heavy (non-hydrogen) atoms. The number of fused-ring (bicyclic) bond motifs is 2. The maximum absolute atomic E-state index is 13.0. The predicted octanol–water partition coefficient (Wildman–Crippen LogP) is 3.17. The molecule has 4 aromatic rings. The van der Waals surface area contributed by atoms with Crippen LogP contribution in [0.4, 0.5) is 0 Å². The number of amides is 1. The number of pyridine rings is 2. The van der Waals surface area contributed by atoms with Crippen molar-refractivity contribution < 1.29 is 9.53 Å². The molecule has 1 N–H and O–H groups in total. The molecule has 3 aromatic heterocycles. The predicted molar refractivity (Wildman–Crippen MR) is 134 cm³/mol. The van der Waals surface area contributed by atoms with Crippen LogP contribution in [0.15, 0.2) is 54.9 Å². The van der Waals surface area contributed by atoms with Crippen molar-refractivity contribution in [3.63, 3.8) is 0 Å². The van der Waals surface area contributed by atoms with Crippen molar-refractivity contribution in [2.45, 2.75) is 19.4 Å². The Bertz CT molecular complexity index is 1360. The molecule has 8 nitrogen and oxygen atoms in total. The number of benzene rings is 1. The van der Waals surface area contributed by atoms with E-state index < -0.39 is 0 Å². The molecule has 1 saturated heterocycles. The molecule has 8 heteroatoms. The van der Waals surface area contributed by atoms with Crippen molar-refractivity contribution >= 4 is 16.8 Å². The van der Waals surface area contributed by atoms with Gasteiger partial charge in [0.15, 0.2) is 0 Å². The highest BCUT2D eigenvalue weighted by Gasteiger charge is 2.25. The van der Waals surface area contributed by atoms with Crippen LogP contribution in [0.25, 0.3) is 33.4 Å². The Kier molecular flexibility index (Phi) is 5.98. The van der Waals surface area contributed by atoms with Gasteiger partial charge in [0.25, 0.3) is 5.91 Å². The number of nitrogens with zero attached hydrogens (tertiary/aromatic N) is 5. The molecule has 0 atom stereocenters. The Balaban J connectivity index is 1.34. The number of hydrogen-bond donors (Lipinski definition) is 1. The average Bonchev–Trinajstić information content (AvgIpc) is 3.51. The second kappa shape index (κ2) is 9.56. The highest BCUT2D eigenvalue weighted by Crippen LogP contribution is 2.39. The fraction of sp³-hybridized carbons (Fsp3) is 0.333. The molecular formula is C27H28N6O2. The zero-order valence-electron chi connectivity index (χ0n) is 19.6. The molecule has 2 aliphatic rings. The first-order chi connectivity index (χ1) is 17.3. The van der Waals surface area contributed by atoms with Gasteiger partial charge in [0.1, 0.15) is 5.69 Å². The number of morpholine rings is 1. The topological polar surface area (TPSA) is 85.2 Å². The van der Waals surface area contributed by atoms with Crippen LogP contribution in [0.5, 0.6) is 0 Å². The number of nitrogens with one attached hydrogen (secondary N) is 1. The number of carbonyl (C=O) groups excluding carboxylic acids is 1. The standard InChI is InChI=1S/C27H28N6O2/c34-27(30-11-13-32-14-16-35-17-15-32)19-6-7-22-21(18-19)20(8-10-29-22)25-24-5-3-12-33(24)31-26(25)23-4-1-2-9-28-23/h1-2,4,6-10,18H,3,5,11-17H2,(H,30,34). The van der Waals surface area contributed by atoms with Crippen molar-refractivity contribution in [1.29, 1.82) is 0 Å². The molecular weight excluding hydrogens is 440 g/mol. The van der Waals surface area contributed by atoms with E-state index in [1.807, 2.05) is 48.7 Å². The minimum Gasteiger partial charge on any atom is -0.379 e. The van der Waals surface area contributed by atoms with E-state index in [1.54, 1.807) is 6.20 Å². The minimum atomic E-state index is -0.0693. The Morgan fingerprint density at radius 3 is 2.80 bits per heavy atom. The molecule has 0 aliphatic carbocycles. The highest BCUT2D eigenvalue weighted by molar-refractivity contribution is 6.03. The minimum absolute atomic E-state index is 0.0693. The lowest BCUT2D eigenvalue weighted by molar-refractivity contribution is 0.0383. The van der Waals surface area contributed by atoms with Gasteiger partial charge in [-0.15, -0.1) is 0 Å². The van der Waals surface area contributed by atoms with Gasteiger partial charge < -0.3 is 10.1 Å². The summed E-state index contributed by atoms with van der Waals surface area (Å²) in [6.07, 6.45) is 5.69. The van der Waals surface area contributed by atoms with Gasteiger partial charge in [0.2, 0.25) is 0 Å². The molecule has 0 saturated carbocycles. The molecule has 6 rings (SSSR count). The van der Waals surface area contributed by atoms with Crippen LogP contribution in [-0.2, 0) is 17.7 Å². The van der Waals surface area contributed by atoms with Crippen LogP contribution in [0, 0.1) is 0 Å². The Morgan fingerprint density at radius 2 is 1.94 bits per heavy atom. The van der Waals surface area contributed by atoms with Gasteiger partial charge in [-0.1, -0.05) is 6.07 Å². The zero-order chi connectivity index (χ0) is 23.6. The lowest BCUT2D eigenvalue weighted by atomic mass is 9.95. The van der Waals surface area contributed by atoms with Crippen LogP contribution in [-0.4, -0.2) is 69.9 Å². The normalized spacial score (nSPS) is 15.9. The van der Waals surface area contributed by atoms with E-state index in [4.69, 9.17) is 9.84 Å². The third-order valence-electron chi connectivity index (χ3n) is 6.84. The van der Waals surface area contributed by atoms with Gasteiger partial charge in [-0.3, -0.25) is 24.3 Å². The fourth-order valence-corrected chi connectivity index (χ4v) is 5.06. The van der Waals surface area contributed by atoms with Crippen LogP contribution >= 0.6 is 0 Å². The van der Waals surface area contributed by atoms with Gasteiger partial charge in [-0.05, 0) is 54.8 Å². The van der Waals surface area contributed by atoms with E-state index in [0.717, 1.165) is 85.7 Å². The molecule has 178 valence electrons. The molecule has 0 radical (unpaired) electrons. The van der Waals surface area contributed by atoms with E-state index in [1.165, 1.54) is 5.69 Å². The third-order valence-corrected chi connectivity index (χ3v) is 6.84. The summed E-state index contributed by atoms with van der Waals surface area (Å²) < 4.78 is 7.50. The van der Waals surface area contributed by atoms with Crippen molar-refractivity contribution in [2.75, 3.05) is 39.4 Å². The zero-order valence-corrected chi connectivity index (χ0v) is 19.6. The van der Waals surface area contributed by atoms with Crippen molar-refractivity contribution in [2.24, 2.45) is 0 Å². The monoisotopic (exact) mass is 468 g/mol. The first-order valence-corrected chi connectivity index (χ1v) is 12.3. The first-order valence-electron chi connectivity index (χ1n) is 12.3. The molecule has 5 heterocycles. The average molecular weight is 469 g/mol. The first kappa shape index (κ1) is 21.9. The number of carbonyl (C=O) groups is 1. The van der Waals surface area contributed by atoms with E-state index in [0.29, 0.717) is 12.1 Å². The lowest BCUT2D eigenvalue weighted by Crippen LogP contribution is -2.41. The summed E-state index contributed by atoms with van der Waals surface area (Å²) in [5, 5.41) is 8.96. The van der Waals surface area contributed by atoms with Crippen LogP contribution < -0.4 is 5.32 Å². The fourth-order valence-electron chi connectivity index (χ4n) is 5.06. The van der Waals surface area contributed by atoms with E-state index in [-0.39, 0.29) is 5.91 Å². The summed E-state index contributed by atoms with van der Waals surface area (Å²) in [6, 6.07) is 13.7. The van der Waals surface area contributed by atoms with Crippen LogP contribution in [0.2, 0.25) is 0 Å². The highest BCUT2D eigenvalue weighted by atomic mass is 16.5. The van der Waals surface area contributed by atoms with Gasteiger partial charge >= 0.3 is 0 Å². The lowest BCUT2D eigenvalue weighted by Gasteiger charge is -2.26. The second-order valence-corrected chi connectivity index (χ2v) is 9.01. The summed E-state index contributed by atoms with van der Waals surface area (Å²) in [5.41, 5.74) is 6.59. The summed E-state index contributed by atoms with van der Waals surface area (Å²) in [7, 11) is 0. The summed E-state index contributed by atoms with van der Waals surface area (Å²) in [5.74, 6) is -0.0693. The van der Waals surface area contributed by atoms with Crippen LogP contribution in [0.1, 0.15) is 22.5 Å². The Morgan fingerprint density at radius 1 is 1.03 bits per heavy atom. The summed E-state index contributed by atoms with van der Waals surface area (Å²) >= 11 is 0. The van der Waals surface area contributed by atoms with Gasteiger partial charge in [-0.25, -0.2) is 0 Å². The number of aryl methyl sites for hydroxylation is 1. The SMILES string of the molecule is O=C(NCCN1CCOCC1)c1ccc2nccc(-c3c(-c4ccccn4)nn4c3CCC4)c2c1. The van der Waals surface area contributed by atoms with Gasteiger partial charge in [-0.2, -0.15) is 5.10 Å². The van der Waals surface area contributed by atoms with Crippen molar-refractivity contribution in [3.05, 3.63) is 66.1 Å². The summed E-state index contributed by atoms with van der Waals surface area (Å²) in [6.45, 7) is 5.68. The van der Waals surface area contributed by atoms with Crippen molar-refractivity contribution in [1.82, 2.24) is 30.0 Å². The maximum Gasteiger partial charge on any atom is 0.251 e. The molecule has 1 fully saturated rings. The number of aromatic nitrogens is 4. The number of ether oxygens (including phenoxy) is 1. The molecule has 0 unspecified atom stereocenters. The van der Waals surface area contributed by atoms with E-state index in [9.17, 15) is 4.79 Å². The van der Waals surface area contributed by atoms with Crippen LogP contribution in [0.3, 0.4) is 0 Å². The Labute approximate surface area is 203 Å². The van der Waals surface area contributed by atoms with E-state index >= 15 is 0 Å². The maximum atomic E-state index is 13.0. The van der Waals surface area contributed by atoms with Crippen molar-refractivity contribution in [3.8, 4) is 22.5 Å². The smallest absolute Gasteiger partial charge is 0.251 e. The van der Waals surface area contributed by atoms with Gasteiger partial charge in [0.05, 0.1) is 24.4 Å². The Hall–Kier alpha value is -3.62. The summed E-state index contributed by atoms with van der Waals surface area (Å²) in [4.78, 5) is 24.5. The molecule has 2 aliphatic heterocycles. The molecule has 0 bridgehead atoms. The van der Waals surface area contributed by atoms with E-state index in [2.05, 4.69) is 24.9 Å². The number of rotatable bonds is 6. The van der Waals surface area contributed by atoms with Gasteiger partial charge in [0, 0.05) is 67.3 Å². The third kappa shape index (κ3) is 4.31. The molecule has 1 aromatic carbocycles. The molecule has 1 amide bonds. The molecule has 0 spiro atoms. The largest absolute Gasteiger partial charge is 0.379 e. The second-order valence-electron chi connectivity index (χ2n) is 9.01. The quantitative estimate of drug-likeness (QED) is 0.468.